The molecule has 2 atom stereocenters. The number of ether oxygens (including phenoxy) is 2. The number of cyclic esters (lactones) is 1. The van der Waals surface area contributed by atoms with Crippen LogP contribution in [0.5, 0.6) is 0 Å². The predicted octanol–water partition coefficient (Wildman–Crippen LogP) is 3.20. The van der Waals surface area contributed by atoms with Gasteiger partial charge in [-0.1, -0.05) is 38.5 Å². The summed E-state index contributed by atoms with van der Waals surface area (Å²) in [6.07, 6.45) is 2.32. The Balaban J connectivity index is 1.78. The molecule has 2 aliphatic heterocycles. The van der Waals surface area contributed by atoms with Crippen molar-refractivity contribution >= 4 is 23.1 Å². The first-order chi connectivity index (χ1) is 15.9. The van der Waals surface area contributed by atoms with E-state index >= 15 is 0 Å². The van der Waals surface area contributed by atoms with Gasteiger partial charge in [-0.15, -0.1) is 0 Å². The van der Waals surface area contributed by atoms with Gasteiger partial charge in [0.25, 0.3) is 11.3 Å². The minimum atomic E-state index is -2.02. The van der Waals surface area contributed by atoms with E-state index < -0.39 is 22.9 Å². The highest BCUT2D eigenvalue weighted by Gasteiger charge is 2.56. The molecule has 2 N–H and O–H groups in total. The molecule has 170 valence electrons. The highest BCUT2D eigenvalue weighted by atomic mass is 16.7. The first-order valence-electron chi connectivity index (χ1n) is 11.2. The van der Waals surface area contributed by atoms with Crippen molar-refractivity contribution in [1.29, 1.82) is 5.41 Å². The Kier molecular flexibility index (Phi) is 4.95. The van der Waals surface area contributed by atoms with Crippen molar-refractivity contribution in [3.05, 3.63) is 63.4 Å². The first-order valence-corrected chi connectivity index (χ1v) is 11.2. The van der Waals surface area contributed by atoms with Crippen LogP contribution in [0.1, 0.15) is 49.8 Å². The molecule has 8 heteroatoms. The smallest absolute Gasteiger partial charge is 0.345 e. The molecule has 0 radical (unpaired) electrons. The second-order valence-electron chi connectivity index (χ2n) is 8.52. The molecule has 33 heavy (non-hydrogen) atoms. The molecule has 4 heterocycles. The molecule has 0 amide bonds. The van der Waals surface area contributed by atoms with E-state index in [0.29, 0.717) is 17.8 Å². The van der Waals surface area contributed by atoms with Gasteiger partial charge in [0.15, 0.2) is 5.60 Å². The van der Waals surface area contributed by atoms with Crippen LogP contribution >= 0.6 is 0 Å². The van der Waals surface area contributed by atoms with Crippen molar-refractivity contribution in [2.24, 2.45) is 0 Å². The molecule has 5 rings (SSSR count). The number of hydrogen-bond acceptors (Lipinski definition) is 7. The molecule has 3 aromatic rings. The lowest BCUT2D eigenvalue weighted by molar-refractivity contribution is -0.231. The van der Waals surface area contributed by atoms with Gasteiger partial charge in [0.1, 0.15) is 5.56 Å². The number of hydrogen-bond donors (Lipinski definition) is 2. The second kappa shape index (κ2) is 7.60. The van der Waals surface area contributed by atoms with Gasteiger partial charge in [-0.2, -0.15) is 0 Å². The van der Waals surface area contributed by atoms with Crippen LogP contribution in [0.15, 0.2) is 41.2 Å². The molecule has 0 saturated heterocycles. The number of aromatic nitrogens is 2. The van der Waals surface area contributed by atoms with Gasteiger partial charge in [0.05, 0.1) is 36.3 Å². The Morgan fingerprint density at radius 2 is 2.06 bits per heavy atom. The van der Waals surface area contributed by atoms with Crippen molar-refractivity contribution in [2.75, 3.05) is 6.61 Å². The lowest BCUT2D eigenvalue weighted by atomic mass is 9.82. The van der Waals surface area contributed by atoms with E-state index in [4.69, 9.17) is 19.9 Å². The summed E-state index contributed by atoms with van der Waals surface area (Å²) in [5.41, 5.74) is 0.406. The number of rotatable bonds is 6. The number of esters is 1. The molecule has 0 spiro atoms. The SMILES string of the molecule is CCCCOC1(C=N)OC(=O)[C@](O)(CC)c2cc3n(c(=O)c21)Cc1cc2ccccc2nc1-3. The number of carbonyl (C=O) groups excluding carboxylic acids is 1. The number of nitrogens with one attached hydrogen (secondary N) is 1. The summed E-state index contributed by atoms with van der Waals surface area (Å²) >= 11 is 0. The van der Waals surface area contributed by atoms with Gasteiger partial charge in [-0.3, -0.25) is 4.79 Å². The average molecular weight is 447 g/mol. The van der Waals surface area contributed by atoms with E-state index in [1.54, 1.807) is 17.6 Å². The molecule has 2 aliphatic rings. The maximum absolute atomic E-state index is 13.8. The fourth-order valence-electron chi connectivity index (χ4n) is 4.67. The Morgan fingerprint density at radius 3 is 2.79 bits per heavy atom. The van der Waals surface area contributed by atoms with Gasteiger partial charge in [-0.25, -0.2) is 9.78 Å². The molecule has 0 bridgehead atoms. The summed E-state index contributed by atoms with van der Waals surface area (Å²) < 4.78 is 12.9. The maximum Gasteiger partial charge on any atom is 0.345 e. The van der Waals surface area contributed by atoms with Gasteiger partial charge in [0.2, 0.25) is 0 Å². The third-order valence-electron chi connectivity index (χ3n) is 6.57. The van der Waals surface area contributed by atoms with E-state index in [-0.39, 0.29) is 30.7 Å². The number of aliphatic hydroxyl groups is 1. The number of para-hydroxylation sites is 1. The van der Waals surface area contributed by atoms with Crippen LogP contribution in [0.3, 0.4) is 0 Å². The van der Waals surface area contributed by atoms with Gasteiger partial charge in [-0.05, 0) is 31.0 Å². The number of pyridine rings is 2. The van der Waals surface area contributed by atoms with E-state index in [2.05, 4.69) is 0 Å². The fraction of sp³-hybridized carbons (Fsp3) is 0.360. The molecule has 0 aliphatic carbocycles. The Morgan fingerprint density at radius 1 is 1.27 bits per heavy atom. The third kappa shape index (κ3) is 2.98. The summed E-state index contributed by atoms with van der Waals surface area (Å²) in [5, 5.41) is 20.3. The largest absolute Gasteiger partial charge is 0.420 e. The minimum absolute atomic E-state index is 0.00275. The molecule has 1 aromatic carbocycles. The van der Waals surface area contributed by atoms with Crippen LogP contribution in [-0.2, 0) is 32.2 Å². The van der Waals surface area contributed by atoms with Crippen molar-refractivity contribution < 1.29 is 19.4 Å². The molecule has 8 nitrogen and oxygen atoms in total. The zero-order chi connectivity index (χ0) is 23.4. The zero-order valence-corrected chi connectivity index (χ0v) is 18.6. The molecular weight excluding hydrogens is 422 g/mol. The molecule has 0 saturated carbocycles. The lowest BCUT2D eigenvalue weighted by Gasteiger charge is -2.41. The maximum atomic E-state index is 13.8. The second-order valence-corrected chi connectivity index (χ2v) is 8.52. The summed E-state index contributed by atoms with van der Waals surface area (Å²) in [5.74, 6) is -2.92. The molecule has 0 fully saturated rings. The van der Waals surface area contributed by atoms with Crippen molar-refractivity contribution in [2.45, 2.75) is 51.0 Å². The first kappa shape index (κ1) is 21.5. The number of benzene rings is 1. The van der Waals surface area contributed by atoms with Gasteiger partial charge < -0.3 is 24.6 Å². The zero-order valence-electron chi connectivity index (χ0n) is 18.6. The number of carbonyl (C=O) groups is 1. The highest BCUT2D eigenvalue weighted by Crippen LogP contribution is 2.44. The van der Waals surface area contributed by atoms with Crippen LogP contribution in [0.25, 0.3) is 22.3 Å². The average Bonchev–Trinajstić information content (AvgIpc) is 3.18. The Hall–Kier alpha value is -3.36. The van der Waals surface area contributed by atoms with Crippen LogP contribution in [0.4, 0.5) is 0 Å². The summed E-state index contributed by atoms with van der Waals surface area (Å²) in [6.45, 7) is 4.10. The topological polar surface area (TPSA) is 114 Å². The molecule has 1 unspecified atom stereocenters. The van der Waals surface area contributed by atoms with E-state index in [1.807, 2.05) is 37.3 Å². The number of unbranched alkanes of at least 4 members (excludes halogenated alkanes) is 1. The van der Waals surface area contributed by atoms with E-state index in [9.17, 15) is 14.7 Å². The molecule has 2 aromatic heterocycles. The fourth-order valence-corrected chi connectivity index (χ4v) is 4.67. The lowest BCUT2D eigenvalue weighted by Crippen LogP contribution is -2.55. The monoisotopic (exact) mass is 447 g/mol. The summed E-state index contributed by atoms with van der Waals surface area (Å²) in [6, 6.07) is 11.3. The summed E-state index contributed by atoms with van der Waals surface area (Å²) in [7, 11) is 0. The Bertz CT molecular complexity index is 1360. The van der Waals surface area contributed by atoms with Crippen LogP contribution < -0.4 is 5.56 Å². The van der Waals surface area contributed by atoms with Crippen LogP contribution in [-0.4, -0.2) is 33.4 Å². The predicted molar refractivity (Wildman–Crippen MR) is 122 cm³/mol. The quantitative estimate of drug-likeness (QED) is 0.267. The summed E-state index contributed by atoms with van der Waals surface area (Å²) in [4.78, 5) is 31.6. The number of fused-ring (bicyclic) bond motifs is 5. The van der Waals surface area contributed by atoms with Crippen LogP contribution in [0, 0.1) is 5.41 Å². The van der Waals surface area contributed by atoms with Crippen molar-refractivity contribution in [3.63, 3.8) is 0 Å². The van der Waals surface area contributed by atoms with Crippen molar-refractivity contribution in [3.8, 4) is 11.4 Å². The van der Waals surface area contributed by atoms with Gasteiger partial charge in [0, 0.05) is 16.5 Å². The van der Waals surface area contributed by atoms with Crippen LogP contribution in [0.2, 0.25) is 0 Å². The normalized spacial score (nSPS) is 23.1. The number of nitrogens with zero attached hydrogens (tertiary/aromatic N) is 2. The van der Waals surface area contributed by atoms with Gasteiger partial charge >= 0.3 is 5.97 Å². The Labute approximate surface area is 190 Å². The highest BCUT2D eigenvalue weighted by molar-refractivity contribution is 5.89. The van der Waals surface area contributed by atoms with E-state index in [1.165, 1.54) is 0 Å². The molecular formula is C25H25N3O5. The standard InChI is InChI=1S/C25H25N3O5/c1-3-5-10-32-25(14-26)20-17(24(31,4-2)23(30)33-25)12-19-21-16(13-28(19)22(20)29)11-15-8-6-7-9-18(15)27-21/h6-9,11-12,14,26,31H,3-5,10,13H2,1-2H3/t24-,25?/m0/s1. The van der Waals surface area contributed by atoms with Crippen molar-refractivity contribution in [1.82, 2.24) is 9.55 Å². The third-order valence-corrected chi connectivity index (χ3v) is 6.57. The minimum Gasteiger partial charge on any atom is -0.420 e. The van der Waals surface area contributed by atoms with E-state index in [0.717, 1.165) is 29.1 Å².